The highest BCUT2D eigenvalue weighted by Gasteiger charge is 2.01. The van der Waals surface area contributed by atoms with Crippen molar-refractivity contribution >= 4 is 34.8 Å². The molecule has 0 bridgehead atoms. The van der Waals surface area contributed by atoms with Crippen LogP contribution in [-0.4, -0.2) is 24.0 Å². The Balaban J connectivity index is 1.58. The third-order valence-electron chi connectivity index (χ3n) is 3.45. The molecule has 0 heterocycles. The smallest absolute Gasteiger partial charge is 0.170 e. The summed E-state index contributed by atoms with van der Waals surface area (Å²) in [5.41, 5.74) is 1.66. The topological polar surface area (TPSA) is 33.3 Å². The lowest BCUT2D eigenvalue weighted by molar-refractivity contribution is 0.363. The van der Waals surface area contributed by atoms with Gasteiger partial charge in [0.05, 0.1) is 0 Å². The molecule has 0 spiro atoms. The Morgan fingerprint density at radius 3 is 2.69 bits per heavy atom. The minimum Gasteiger partial charge on any atom is -0.490 e. The van der Waals surface area contributed by atoms with Crippen LogP contribution < -0.4 is 15.4 Å². The molecule has 0 saturated carbocycles. The molecule has 3 nitrogen and oxygen atoms in total. The third-order valence-corrected chi connectivity index (χ3v) is 4.79. The molecule has 0 aliphatic carbocycles. The van der Waals surface area contributed by atoms with E-state index in [0.717, 1.165) is 35.7 Å². The second-order valence-corrected chi connectivity index (χ2v) is 7.02. The Morgan fingerprint density at radius 2 is 1.96 bits per heavy atom. The number of rotatable bonds is 10. The molecule has 0 aromatic heterocycles. The van der Waals surface area contributed by atoms with Crippen molar-refractivity contribution in [2.45, 2.75) is 12.2 Å². The first-order valence-electron chi connectivity index (χ1n) is 8.39. The zero-order valence-electron chi connectivity index (χ0n) is 14.5. The summed E-state index contributed by atoms with van der Waals surface area (Å²) in [7, 11) is 0. The number of benzene rings is 2. The van der Waals surface area contributed by atoms with Crippen LogP contribution in [0.3, 0.4) is 0 Å². The lowest BCUT2D eigenvalue weighted by atomic mass is 10.2. The van der Waals surface area contributed by atoms with E-state index in [1.54, 1.807) is 23.9 Å². The van der Waals surface area contributed by atoms with Gasteiger partial charge in [-0.05, 0) is 60.3 Å². The standard InChI is InChI=1S/C20H23FN2OS2/c1-2-13-24-18-10-8-17(9-11-18)23-20(25)22-12-5-14-26-15-16-6-3-4-7-19(16)21/h2-4,6-11H,1,5,12-15H2,(H2,22,23,25). The molecule has 138 valence electrons. The van der Waals surface area contributed by atoms with Crippen LogP contribution in [0, 0.1) is 5.82 Å². The molecule has 2 aromatic carbocycles. The molecule has 2 N–H and O–H groups in total. The molecule has 0 aliphatic heterocycles. The van der Waals surface area contributed by atoms with E-state index in [1.807, 2.05) is 36.4 Å². The molecule has 2 aromatic rings. The number of hydrogen-bond donors (Lipinski definition) is 2. The predicted molar refractivity (Wildman–Crippen MR) is 114 cm³/mol. The first-order valence-corrected chi connectivity index (χ1v) is 9.95. The number of ether oxygens (including phenoxy) is 1. The van der Waals surface area contributed by atoms with Crippen molar-refractivity contribution in [3.05, 3.63) is 72.6 Å². The van der Waals surface area contributed by atoms with Crippen LogP contribution >= 0.6 is 24.0 Å². The van der Waals surface area contributed by atoms with Gasteiger partial charge in [-0.15, -0.1) is 0 Å². The quantitative estimate of drug-likeness (QED) is 0.339. The fraction of sp³-hybridized carbons (Fsp3) is 0.250. The molecule has 0 saturated heterocycles. The van der Waals surface area contributed by atoms with E-state index < -0.39 is 0 Å². The van der Waals surface area contributed by atoms with Crippen molar-refractivity contribution in [1.82, 2.24) is 5.32 Å². The van der Waals surface area contributed by atoms with Crippen LogP contribution in [0.5, 0.6) is 5.75 Å². The minimum absolute atomic E-state index is 0.135. The molecule has 0 fully saturated rings. The summed E-state index contributed by atoms with van der Waals surface area (Å²) < 4.78 is 18.9. The monoisotopic (exact) mass is 390 g/mol. The summed E-state index contributed by atoms with van der Waals surface area (Å²) in [5, 5.41) is 6.90. The highest BCUT2D eigenvalue weighted by Crippen LogP contribution is 2.16. The van der Waals surface area contributed by atoms with E-state index in [-0.39, 0.29) is 5.82 Å². The van der Waals surface area contributed by atoms with Crippen LogP contribution in [0.1, 0.15) is 12.0 Å². The average molecular weight is 391 g/mol. The van der Waals surface area contributed by atoms with Gasteiger partial charge in [0.25, 0.3) is 0 Å². The highest BCUT2D eigenvalue weighted by molar-refractivity contribution is 7.98. The summed E-state index contributed by atoms with van der Waals surface area (Å²) in [4.78, 5) is 0. The van der Waals surface area contributed by atoms with Crippen molar-refractivity contribution < 1.29 is 9.13 Å². The molecular weight excluding hydrogens is 367 g/mol. The zero-order valence-corrected chi connectivity index (χ0v) is 16.2. The largest absolute Gasteiger partial charge is 0.490 e. The maximum atomic E-state index is 13.5. The molecule has 26 heavy (non-hydrogen) atoms. The maximum Gasteiger partial charge on any atom is 0.170 e. The van der Waals surface area contributed by atoms with E-state index >= 15 is 0 Å². The van der Waals surface area contributed by atoms with E-state index in [4.69, 9.17) is 17.0 Å². The van der Waals surface area contributed by atoms with Crippen molar-refractivity contribution in [2.24, 2.45) is 0 Å². The van der Waals surface area contributed by atoms with E-state index in [9.17, 15) is 4.39 Å². The highest BCUT2D eigenvalue weighted by atomic mass is 32.2. The molecule has 0 radical (unpaired) electrons. The molecule has 6 heteroatoms. The van der Waals surface area contributed by atoms with Gasteiger partial charge in [-0.25, -0.2) is 4.39 Å². The molecular formula is C20H23FN2OS2. The Labute approximate surface area is 164 Å². The number of thioether (sulfide) groups is 1. The second kappa shape index (κ2) is 11.5. The summed E-state index contributed by atoms with van der Waals surface area (Å²) in [6.45, 7) is 4.88. The summed E-state index contributed by atoms with van der Waals surface area (Å²) in [5.74, 6) is 2.29. The lowest BCUT2D eigenvalue weighted by Crippen LogP contribution is -2.29. The summed E-state index contributed by atoms with van der Waals surface area (Å²) >= 11 is 7.01. The Morgan fingerprint density at radius 1 is 1.19 bits per heavy atom. The van der Waals surface area contributed by atoms with Crippen molar-refractivity contribution in [3.8, 4) is 5.75 Å². The number of anilines is 1. The van der Waals surface area contributed by atoms with E-state index in [0.29, 0.717) is 17.5 Å². The Hall–Kier alpha value is -2.05. The van der Waals surface area contributed by atoms with Gasteiger partial charge in [0.15, 0.2) is 5.11 Å². The van der Waals surface area contributed by atoms with Gasteiger partial charge in [0, 0.05) is 18.0 Å². The number of hydrogen-bond acceptors (Lipinski definition) is 3. The van der Waals surface area contributed by atoms with Gasteiger partial charge in [-0.1, -0.05) is 30.9 Å². The van der Waals surface area contributed by atoms with E-state index in [1.165, 1.54) is 6.07 Å². The second-order valence-electron chi connectivity index (χ2n) is 5.50. The molecule has 0 aliphatic rings. The van der Waals surface area contributed by atoms with Gasteiger partial charge in [-0.3, -0.25) is 0 Å². The third kappa shape index (κ3) is 7.45. The SMILES string of the molecule is C=CCOc1ccc(NC(=S)NCCCSCc2ccccc2F)cc1. The Kier molecular flexibility index (Phi) is 9.00. The normalized spacial score (nSPS) is 10.2. The fourth-order valence-electron chi connectivity index (χ4n) is 2.14. The van der Waals surface area contributed by atoms with Crippen LogP contribution in [-0.2, 0) is 5.75 Å². The number of thiocarbonyl (C=S) groups is 1. The summed E-state index contributed by atoms with van der Waals surface area (Å²) in [6, 6.07) is 14.5. The predicted octanol–water partition coefficient (Wildman–Crippen LogP) is 5.00. The molecule has 2 rings (SSSR count). The number of nitrogens with one attached hydrogen (secondary N) is 2. The van der Waals surface area contributed by atoms with E-state index in [2.05, 4.69) is 17.2 Å². The maximum absolute atomic E-state index is 13.5. The van der Waals surface area contributed by atoms with Gasteiger partial charge in [-0.2, -0.15) is 11.8 Å². The minimum atomic E-state index is -0.135. The van der Waals surface area contributed by atoms with Gasteiger partial charge >= 0.3 is 0 Å². The average Bonchev–Trinajstić information content (AvgIpc) is 2.65. The van der Waals surface area contributed by atoms with Crippen molar-refractivity contribution in [1.29, 1.82) is 0 Å². The van der Waals surface area contributed by atoms with Crippen LogP contribution in [0.4, 0.5) is 10.1 Å². The van der Waals surface area contributed by atoms with Crippen LogP contribution in [0.2, 0.25) is 0 Å². The van der Waals surface area contributed by atoms with Gasteiger partial charge in [0.1, 0.15) is 18.2 Å². The van der Waals surface area contributed by atoms with Gasteiger partial charge in [0.2, 0.25) is 0 Å². The van der Waals surface area contributed by atoms with Crippen LogP contribution in [0.15, 0.2) is 61.2 Å². The number of halogens is 1. The Bertz CT molecular complexity index is 707. The summed E-state index contributed by atoms with van der Waals surface area (Å²) in [6.07, 6.45) is 2.66. The fourth-order valence-corrected chi connectivity index (χ4v) is 3.31. The van der Waals surface area contributed by atoms with Crippen molar-refractivity contribution in [3.63, 3.8) is 0 Å². The molecule has 0 unspecified atom stereocenters. The van der Waals surface area contributed by atoms with Crippen LogP contribution in [0.25, 0.3) is 0 Å². The molecule has 0 amide bonds. The van der Waals surface area contributed by atoms with Crippen molar-refractivity contribution in [2.75, 3.05) is 24.2 Å². The molecule has 0 atom stereocenters. The zero-order chi connectivity index (χ0) is 18.6. The van der Waals surface area contributed by atoms with Gasteiger partial charge < -0.3 is 15.4 Å². The first kappa shape index (κ1) is 20.3. The lowest BCUT2D eigenvalue weighted by Gasteiger charge is -2.11. The first-order chi connectivity index (χ1) is 12.7.